The number of allylic oxidation sites excluding steroid dienone is 2. The highest BCUT2D eigenvalue weighted by atomic mass is 35.5. The van der Waals surface area contributed by atoms with Crippen LogP contribution in [0.15, 0.2) is 106 Å². The number of aromatic hydroxyl groups is 2. The molecule has 7 rings (SSSR count). The van der Waals surface area contributed by atoms with Crippen molar-refractivity contribution in [2.24, 2.45) is 0 Å². The van der Waals surface area contributed by atoms with Crippen LogP contribution in [-0.2, 0) is 6.42 Å². The lowest BCUT2D eigenvalue weighted by Gasteiger charge is -2.31. The van der Waals surface area contributed by atoms with Crippen molar-refractivity contribution >= 4 is 47.2 Å². The molecular weight excluding hydrogens is 698 g/mol. The summed E-state index contributed by atoms with van der Waals surface area (Å²) in [4.78, 5) is 15.2. The Morgan fingerprint density at radius 2 is 1.50 bits per heavy atom. The number of rotatable bonds is 7. The van der Waals surface area contributed by atoms with E-state index in [0.717, 1.165) is 24.1 Å². The summed E-state index contributed by atoms with van der Waals surface area (Å²) in [7, 11) is 5.76. The minimum Gasteiger partial charge on any atom is -0.508 e. The van der Waals surface area contributed by atoms with Gasteiger partial charge < -0.3 is 29.0 Å². The van der Waals surface area contributed by atoms with Crippen molar-refractivity contribution in [1.82, 2.24) is 4.90 Å². The fourth-order valence-corrected chi connectivity index (χ4v) is 6.68. The second-order valence-electron chi connectivity index (χ2n) is 14.4. The maximum absolute atomic E-state index is 12.9. The summed E-state index contributed by atoms with van der Waals surface area (Å²) < 4.78 is 17.8. The van der Waals surface area contributed by atoms with Crippen LogP contribution in [0.5, 0.6) is 23.0 Å². The van der Waals surface area contributed by atoms with Gasteiger partial charge in [0, 0.05) is 12.1 Å². The van der Waals surface area contributed by atoms with Crippen LogP contribution in [0.1, 0.15) is 67.5 Å². The zero-order chi connectivity index (χ0) is 37.9. The first-order valence-electron chi connectivity index (χ1n) is 17.8. The minimum atomic E-state index is -0.694. The van der Waals surface area contributed by atoms with Crippen LogP contribution in [0.2, 0.25) is 0 Å². The quantitative estimate of drug-likeness (QED) is 0.124. The molecule has 1 aromatic heterocycles. The highest BCUT2D eigenvalue weighted by Gasteiger charge is 2.32. The third-order valence-corrected chi connectivity index (χ3v) is 9.32. The van der Waals surface area contributed by atoms with Crippen molar-refractivity contribution in [3.8, 4) is 34.1 Å². The molecule has 0 radical (unpaired) electrons. The molecule has 0 bridgehead atoms. The van der Waals surface area contributed by atoms with Crippen molar-refractivity contribution in [2.45, 2.75) is 46.1 Å². The Kier molecular flexibility index (Phi) is 12.3. The summed E-state index contributed by atoms with van der Waals surface area (Å²) in [5.41, 5.74) is 8.46. The van der Waals surface area contributed by atoms with Gasteiger partial charge >= 0.3 is 5.63 Å². The number of nitrogens with zero attached hydrogens (tertiary/aromatic N) is 1. The number of benzene rings is 4. The smallest absolute Gasteiger partial charge is 0.348 e. The lowest BCUT2D eigenvalue weighted by molar-refractivity contribution is 0.157. The van der Waals surface area contributed by atoms with Crippen LogP contribution >= 0.6 is 12.4 Å². The summed E-state index contributed by atoms with van der Waals surface area (Å²) in [6.07, 6.45) is 14.2. The Labute approximate surface area is 323 Å². The number of hydrogen-bond donors (Lipinski definition) is 2. The van der Waals surface area contributed by atoms with Gasteiger partial charge in [-0.15, -0.1) is 12.4 Å². The Morgan fingerprint density at radius 3 is 2.07 bits per heavy atom. The second kappa shape index (κ2) is 16.7. The molecule has 280 valence electrons. The van der Waals surface area contributed by atoms with E-state index in [-0.39, 0.29) is 35.1 Å². The van der Waals surface area contributed by atoms with E-state index in [4.69, 9.17) is 13.9 Å². The molecule has 0 amide bonds. The van der Waals surface area contributed by atoms with E-state index in [0.29, 0.717) is 34.4 Å². The molecule has 0 spiro atoms. The third kappa shape index (κ3) is 8.33. The molecule has 0 fully saturated rings. The number of halogens is 1. The zero-order valence-electron chi connectivity index (χ0n) is 31.9. The Morgan fingerprint density at radius 1 is 0.889 bits per heavy atom. The first-order valence-corrected chi connectivity index (χ1v) is 17.8. The first kappa shape index (κ1) is 39.7. The van der Waals surface area contributed by atoms with Crippen molar-refractivity contribution in [3.63, 3.8) is 0 Å². The van der Waals surface area contributed by atoms with Crippen LogP contribution in [0, 0.1) is 0 Å². The van der Waals surface area contributed by atoms with Gasteiger partial charge in [0.2, 0.25) is 0 Å². The van der Waals surface area contributed by atoms with Crippen molar-refractivity contribution in [1.29, 1.82) is 0 Å². The predicted octanol–water partition coefficient (Wildman–Crippen LogP) is 10.5. The average Bonchev–Trinajstić information content (AvgIpc) is 3.28. The van der Waals surface area contributed by atoms with Gasteiger partial charge in [-0.1, -0.05) is 90.5 Å². The maximum atomic E-state index is 12.9. The van der Waals surface area contributed by atoms with Gasteiger partial charge in [0.25, 0.3) is 0 Å². The van der Waals surface area contributed by atoms with Gasteiger partial charge in [-0.25, -0.2) is 4.79 Å². The third-order valence-electron chi connectivity index (χ3n) is 9.32. The van der Waals surface area contributed by atoms with E-state index in [2.05, 4.69) is 91.8 Å². The fourth-order valence-electron chi connectivity index (χ4n) is 6.68. The van der Waals surface area contributed by atoms with Crippen molar-refractivity contribution < 1.29 is 24.1 Å². The topological polar surface area (TPSA) is 92.4 Å². The standard InChI is InChI=1S/C26H26O6.C20H21N.ClH/c1-14(2)6-11-17-22-18(12-13-26(3,4)32-22)24-20(23(17)30-5)21(28)19(25(29)31-24)15-7-9-16(27)10-8-15;1-21(2)15-7-12-20-18-10-5-3-8-16(18)13-14-17-9-4-6-11-19(17)20;/h6-10,12-13,27-28H,11H2,1-5H3;3-6,8-14H,7,15H2,1-2H3;1H. The molecule has 5 aromatic rings. The summed E-state index contributed by atoms with van der Waals surface area (Å²) in [6, 6.07) is 23.3. The normalized spacial score (nSPS) is 13.3. The fraction of sp³-hybridized carbons (Fsp3) is 0.239. The van der Waals surface area contributed by atoms with Gasteiger partial charge in [-0.2, -0.15) is 0 Å². The van der Waals surface area contributed by atoms with Crippen LogP contribution in [0.25, 0.3) is 45.9 Å². The van der Waals surface area contributed by atoms with Crippen LogP contribution in [0.4, 0.5) is 0 Å². The van der Waals surface area contributed by atoms with Crippen molar-refractivity contribution in [3.05, 3.63) is 140 Å². The molecule has 4 aromatic carbocycles. The molecule has 1 aliphatic heterocycles. The van der Waals surface area contributed by atoms with Crippen molar-refractivity contribution in [2.75, 3.05) is 27.7 Å². The van der Waals surface area contributed by atoms with E-state index in [9.17, 15) is 15.0 Å². The number of methoxy groups -OCH3 is 1. The zero-order valence-corrected chi connectivity index (χ0v) is 32.7. The predicted molar refractivity (Wildman–Crippen MR) is 224 cm³/mol. The highest BCUT2D eigenvalue weighted by molar-refractivity contribution is 6.02. The van der Waals surface area contributed by atoms with Crippen LogP contribution in [0.3, 0.4) is 0 Å². The Hall–Kier alpha value is -5.50. The maximum Gasteiger partial charge on any atom is 0.348 e. The number of ether oxygens (including phenoxy) is 2. The average molecular weight is 746 g/mol. The van der Waals surface area contributed by atoms with Crippen LogP contribution < -0.4 is 15.1 Å². The lowest BCUT2D eigenvalue weighted by atomic mass is 9.93. The molecule has 54 heavy (non-hydrogen) atoms. The Bertz CT molecular complexity index is 2290. The first-order chi connectivity index (χ1) is 25.4. The largest absolute Gasteiger partial charge is 0.508 e. The summed E-state index contributed by atoms with van der Waals surface area (Å²) in [5.74, 6) is 0.778. The summed E-state index contributed by atoms with van der Waals surface area (Å²) >= 11 is 0. The monoisotopic (exact) mass is 745 g/mol. The molecule has 0 saturated heterocycles. The number of phenolic OH excluding ortho intramolecular Hbond substituents is 1. The van der Waals surface area contributed by atoms with Gasteiger partial charge in [0.15, 0.2) is 5.58 Å². The molecule has 1 aliphatic carbocycles. The SMILES string of the molecule is CN(C)CCC=C1c2ccccc2C=Cc2ccccc21.COc1c(CC=C(C)C)c2c(c3oc(=O)c(-c4ccc(O)cc4)c(O)c13)C=CC(C)(C)O2.Cl. The summed E-state index contributed by atoms with van der Waals surface area (Å²) in [5, 5.41) is 21.2. The van der Waals surface area contributed by atoms with E-state index in [1.54, 1.807) is 12.1 Å². The molecule has 0 unspecified atom stereocenters. The lowest BCUT2D eigenvalue weighted by Crippen LogP contribution is -2.28. The second-order valence-corrected chi connectivity index (χ2v) is 14.4. The number of hydrogen-bond acceptors (Lipinski definition) is 7. The Balaban J connectivity index is 0.000000221. The minimum absolute atomic E-state index is 0. The van der Waals surface area contributed by atoms with Gasteiger partial charge in [0.1, 0.15) is 39.5 Å². The highest BCUT2D eigenvalue weighted by Crippen LogP contribution is 2.49. The van der Waals surface area contributed by atoms with E-state index in [1.807, 2.05) is 39.8 Å². The molecule has 0 saturated carbocycles. The summed E-state index contributed by atoms with van der Waals surface area (Å²) in [6.45, 7) is 8.96. The van der Waals surface area contributed by atoms with Gasteiger partial charge in [-0.05, 0) is 112 Å². The molecule has 8 heteroatoms. The number of fused-ring (bicyclic) bond motifs is 5. The molecule has 7 nitrogen and oxygen atoms in total. The van der Waals surface area contributed by atoms with Gasteiger partial charge in [-0.3, -0.25) is 0 Å². The molecule has 2 N–H and O–H groups in total. The molecular formula is C46H48ClNO6. The van der Waals surface area contributed by atoms with Crippen LogP contribution in [-0.4, -0.2) is 48.5 Å². The van der Waals surface area contributed by atoms with E-state index < -0.39 is 11.2 Å². The van der Waals surface area contributed by atoms with E-state index >= 15 is 0 Å². The molecule has 2 heterocycles. The molecule has 2 aliphatic rings. The number of phenols is 1. The van der Waals surface area contributed by atoms with Gasteiger partial charge in [0.05, 0.1) is 12.7 Å². The van der Waals surface area contributed by atoms with E-state index in [1.165, 1.54) is 47.1 Å². The molecule has 0 atom stereocenters.